The van der Waals surface area contributed by atoms with E-state index in [4.69, 9.17) is 0 Å². The predicted molar refractivity (Wildman–Crippen MR) is 78.9 cm³/mol. The highest BCUT2D eigenvalue weighted by Crippen LogP contribution is 2.25. The maximum Gasteiger partial charge on any atom is 0.232 e. The summed E-state index contributed by atoms with van der Waals surface area (Å²) >= 11 is 4.94. The van der Waals surface area contributed by atoms with Gasteiger partial charge in [-0.15, -0.1) is 11.8 Å². The molecule has 1 rings (SSSR count). The number of amides is 1. The van der Waals surface area contributed by atoms with Crippen molar-refractivity contribution >= 4 is 33.6 Å². The number of aliphatic hydroxyl groups is 1. The van der Waals surface area contributed by atoms with Crippen LogP contribution in [0.25, 0.3) is 0 Å². The fourth-order valence-electron chi connectivity index (χ4n) is 1.52. The van der Waals surface area contributed by atoms with Crippen molar-refractivity contribution in [3.8, 4) is 0 Å². The molecule has 0 heterocycles. The van der Waals surface area contributed by atoms with Gasteiger partial charge >= 0.3 is 0 Å². The molecule has 18 heavy (non-hydrogen) atoms. The van der Waals surface area contributed by atoms with Crippen LogP contribution in [-0.4, -0.2) is 41.4 Å². The summed E-state index contributed by atoms with van der Waals surface area (Å²) in [6.45, 7) is 4.07. The number of rotatable bonds is 5. The van der Waals surface area contributed by atoms with Crippen LogP contribution in [0.1, 0.15) is 12.5 Å². The van der Waals surface area contributed by atoms with E-state index < -0.39 is 6.10 Å². The van der Waals surface area contributed by atoms with E-state index in [0.29, 0.717) is 12.3 Å². The number of carbonyl (C=O) groups excluding carboxylic acids is 1. The van der Waals surface area contributed by atoms with E-state index in [2.05, 4.69) is 15.9 Å². The second-order valence-corrected chi connectivity index (χ2v) is 6.25. The second kappa shape index (κ2) is 7.16. The van der Waals surface area contributed by atoms with Gasteiger partial charge in [-0.3, -0.25) is 4.79 Å². The second-order valence-electron chi connectivity index (χ2n) is 4.32. The molecule has 0 aliphatic heterocycles. The van der Waals surface area contributed by atoms with Crippen molar-refractivity contribution in [3.05, 3.63) is 28.2 Å². The monoisotopic (exact) mass is 331 g/mol. The fraction of sp³-hybridized carbons (Fsp3) is 0.462. The van der Waals surface area contributed by atoms with E-state index in [1.54, 1.807) is 18.9 Å². The van der Waals surface area contributed by atoms with E-state index >= 15 is 0 Å². The number of aryl methyl sites for hydroxylation is 1. The Morgan fingerprint density at radius 2 is 2.22 bits per heavy atom. The summed E-state index contributed by atoms with van der Waals surface area (Å²) in [5, 5.41) is 9.23. The lowest BCUT2D eigenvalue weighted by atomic mass is 10.2. The number of benzene rings is 1. The first-order valence-corrected chi connectivity index (χ1v) is 7.49. The first-order chi connectivity index (χ1) is 8.40. The molecule has 0 aliphatic rings. The number of carbonyl (C=O) groups is 1. The van der Waals surface area contributed by atoms with E-state index in [9.17, 15) is 9.90 Å². The first kappa shape index (κ1) is 15.5. The number of nitrogens with zero attached hydrogens (tertiary/aromatic N) is 1. The summed E-state index contributed by atoms with van der Waals surface area (Å²) in [6.07, 6.45) is -0.488. The van der Waals surface area contributed by atoms with Crippen LogP contribution in [0.5, 0.6) is 0 Å². The molecule has 1 aromatic carbocycles. The number of hydrogen-bond donors (Lipinski definition) is 1. The molecule has 0 aliphatic carbocycles. The molecule has 100 valence electrons. The van der Waals surface area contributed by atoms with Crippen LogP contribution in [-0.2, 0) is 4.79 Å². The average molecular weight is 332 g/mol. The zero-order valence-corrected chi connectivity index (χ0v) is 13.2. The van der Waals surface area contributed by atoms with Crippen LogP contribution in [0.3, 0.4) is 0 Å². The van der Waals surface area contributed by atoms with E-state index in [1.165, 1.54) is 11.8 Å². The zero-order valence-electron chi connectivity index (χ0n) is 10.8. The summed E-state index contributed by atoms with van der Waals surface area (Å²) in [4.78, 5) is 14.5. The number of likely N-dealkylation sites (N-methyl/N-ethyl adjacent to an activating group) is 1. The Labute approximate surface area is 121 Å². The average Bonchev–Trinajstić information content (AvgIpc) is 2.26. The molecule has 1 unspecified atom stereocenters. The molecule has 3 nitrogen and oxygen atoms in total. The van der Waals surface area contributed by atoms with Crippen LogP contribution < -0.4 is 0 Å². The number of aliphatic hydroxyl groups excluding tert-OH is 1. The lowest BCUT2D eigenvalue weighted by Gasteiger charge is -2.18. The van der Waals surface area contributed by atoms with Gasteiger partial charge in [0.25, 0.3) is 0 Å². The Bertz CT molecular complexity index is 423. The highest BCUT2D eigenvalue weighted by Gasteiger charge is 2.11. The Kier molecular flexibility index (Phi) is 6.18. The molecule has 1 aromatic rings. The molecular formula is C13H18BrNO2S. The lowest BCUT2D eigenvalue weighted by Crippen LogP contribution is -2.34. The standard InChI is InChI=1S/C13H18BrNO2S/c1-9-6-11(14)4-5-12(9)18-8-13(17)15(3)7-10(2)16/h4-6,10,16H,7-8H2,1-3H3. The molecule has 1 atom stereocenters. The van der Waals surface area contributed by atoms with E-state index in [-0.39, 0.29) is 5.91 Å². The van der Waals surface area contributed by atoms with Crippen LogP contribution in [0, 0.1) is 6.92 Å². The van der Waals surface area contributed by atoms with Gasteiger partial charge in [-0.2, -0.15) is 0 Å². The quantitative estimate of drug-likeness (QED) is 0.843. The normalized spacial score (nSPS) is 12.3. The van der Waals surface area contributed by atoms with Crippen molar-refractivity contribution in [2.45, 2.75) is 24.8 Å². The Morgan fingerprint density at radius 1 is 1.56 bits per heavy atom. The summed E-state index contributed by atoms with van der Waals surface area (Å²) in [7, 11) is 1.71. The molecule has 0 spiro atoms. The predicted octanol–water partition coefficient (Wildman–Crippen LogP) is 2.69. The molecule has 0 bridgehead atoms. The first-order valence-electron chi connectivity index (χ1n) is 5.71. The molecular weight excluding hydrogens is 314 g/mol. The van der Waals surface area contributed by atoms with Crippen molar-refractivity contribution in [1.82, 2.24) is 4.90 Å². The fourth-order valence-corrected chi connectivity index (χ4v) is 2.95. The van der Waals surface area contributed by atoms with Gasteiger partial charge in [0.15, 0.2) is 0 Å². The summed E-state index contributed by atoms with van der Waals surface area (Å²) in [5.74, 6) is 0.425. The van der Waals surface area contributed by atoms with Crippen molar-refractivity contribution in [1.29, 1.82) is 0 Å². The van der Waals surface area contributed by atoms with Gasteiger partial charge in [0.1, 0.15) is 0 Å². The molecule has 0 fully saturated rings. The molecule has 1 N–H and O–H groups in total. The highest BCUT2D eigenvalue weighted by molar-refractivity contribution is 9.10. The molecule has 0 radical (unpaired) electrons. The summed E-state index contributed by atoms with van der Waals surface area (Å²) < 4.78 is 1.04. The van der Waals surface area contributed by atoms with Crippen molar-refractivity contribution < 1.29 is 9.90 Å². The van der Waals surface area contributed by atoms with Crippen LogP contribution >= 0.6 is 27.7 Å². The zero-order chi connectivity index (χ0) is 13.7. The third kappa shape index (κ3) is 5.00. The van der Waals surface area contributed by atoms with Crippen LogP contribution in [0.2, 0.25) is 0 Å². The molecule has 0 aromatic heterocycles. The minimum atomic E-state index is -0.488. The van der Waals surface area contributed by atoms with Gasteiger partial charge in [-0.05, 0) is 37.6 Å². The highest BCUT2D eigenvalue weighted by atomic mass is 79.9. The molecule has 0 saturated heterocycles. The van der Waals surface area contributed by atoms with Gasteiger partial charge in [0, 0.05) is 23.0 Å². The van der Waals surface area contributed by atoms with Crippen molar-refractivity contribution in [2.24, 2.45) is 0 Å². The minimum absolute atomic E-state index is 0.0308. The third-order valence-corrected chi connectivity index (χ3v) is 4.11. The number of thioether (sulfide) groups is 1. The number of halogens is 1. The van der Waals surface area contributed by atoms with Gasteiger partial charge < -0.3 is 10.0 Å². The van der Waals surface area contributed by atoms with E-state index in [1.807, 2.05) is 25.1 Å². The van der Waals surface area contributed by atoms with Crippen molar-refractivity contribution in [2.75, 3.05) is 19.3 Å². The Morgan fingerprint density at radius 3 is 2.78 bits per heavy atom. The molecule has 0 saturated carbocycles. The third-order valence-electron chi connectivity index (χ3n) is 2.45. The molecule has 5 heteroatoms. The maximum atomic E-state index is 11.8. The van der Waals surface area contributed by atoms with Gasteiger partial charge in [-0.1, -0.05) is 15.9 Å². The van der Waals surface area contributed by atoms with Gasteiger partial charge in [0.2, 0.25) is 5.91 Å². The Balaban J connectivity index is 2.52. The Hall–Kier alpha value is -0.520. The van der Waals surface area contributed by atoms with Gasteiger partial charge in [-0.25, -0.2) is 0 Å². The van der Waals surface area contributed by atoms with Crippen LogP contribution in [0.4, 0.5) is 0 Å². The maximum absolute atomic E-state index is 11.8. The lowest BCUT2D eigenvalue weighted by molar-refractivity contribution is -0.128. The minimum Gasteiger partial charge on any atom is -0.392 e. The number of hydrogen-bond acceptors (Lipinski definition) is 3. The smallest absolute Gasteiger partial charge is 0.232 e. The van der Waals surface area contributed by atoms with Crippen molar-refractivity contribution in [3.63, 3.8) is 0 Å². The van der Waals surface area contributed by atoms with Gasteiger partial charge in [0.05, 0.1) is 11.9 Å². The van der Waals surface area contributed by atoms with E-state index in [0.717, 1.165) is 14.9 Å². The van der Waals surface area contributed by atoms with Crippen LogP contribution in [0.15, 0.2) is 27.6 Å². The summed E-state index contributed by atoms with van der Waals surface area (Å²) in [6, 6.07) is 6.01. The topological polar surface area (TPSA) is 40.5 Å². The summed E-state index contributed by atoms with van der Waals surface area (Å²) in [5.41, 5.74) is 1.15. The molecule has 1 amide bonds. The largest absolute Gasteiger partial charge is 0.392 e. The SMILES string of the molecule is Cc1cc(Br)ccc1SCC(=O)N(C)CC(C)O.